The summed E-state index contributed by atoms with van der Waals surface area (Å²) < 4.78 is 5.16. The molecular formula is C14H22N2O. The molecule has 94 valence electrons. The van der Waals surface area contributed by atoms with E-state index in [1.165, 1.54) is 24.9 Å². The van der Waals surface area contributed by atoms with Crippen molar-refractivity contribution in [2.24, 2.45) is 0 Å². The van der Waals surface area contributed by atoms with E-state index in [0.29, 0.717) is 12.1 Å². The van der Waals surface area contributed by atoms with Crippen LogP contribution in [0.5, 0.6) is 5.75 Å². The van der Waals surface area contributed by atoms with E-state index in [-0.39, 0.29) is 0 Å². The van der Waals surface area contributed by atoms with E-state index in [9.17, 15) is 0 Å². The Kier molecular flexibility index (Phi) is 4.40. The molecule has 0 aromatic heterocycles. The molecule has 0 radical (unpaired) electrons. The van der Waals surface area contributed by atoms with Gasteiger partial charge in [0.1, 0.15) is 5.75 Å². The molecule has 1 aliphatic heterocycles. The molecule has 1 aromatic rings. The lowest BCUT2D eigenvalue weighted by Crippen LogP contribution is -2.35. The Bertz CT molecular complexity index is 331. The standard InChI is InChI=1S/C14H22N2O/c1-11(16-10-13-4-3-9-15-13)12-5-7-14(17-2)8-6-12/h5-8,11,13,15-16H,3-4,9-10H2,1-2H3/t11-,13?/m0/s1. The normalized spacial score (nSPS) is 21.4. The molecule has 3 heteroatoms. The van der Waals surface area contributed by atoms with Crippen LogP contribution >= 0.6 is 0 Å². The van der Waals surface area contributed by atoms with Crippen LogP contribution in [0, 0.1) is 0 Å². The fraction of sp³-hybridized carbons (Fsp3) is 0.571. The molecule has 2 atom stereocenters. The summed E-state index contributed by atoms with van der Waals surface area (Å²) >= 11 is 0. The number of hydrogen-bond donors (Lipinski definition) is 2. The summed E-state index contributed by atoms with van der Waals surface area (Å²) in [5.41, 5.74) is 1.31. The largest absolute Gasteiger partial charge is 0.497 e. The molecule has 2 rings (SSSR count). The smallest absolute Gasteiger partial charge is 0.118 e. The number of nitrogens with one attached hydrogen (secondary N) is 2. The summed E-state index contributed by atoms with van der Waals surface area (Å²) in [7, 11) is 1.70. The van der Waals surface area contributed by atoms with Gasteiger partial charge in [0, 0.05) is 18.6 Å². The minimum Gasteiger partial charge on any atom is -0.497 e. The molecular weight excluding hydrogens is 212 g/mol. The van der Waals surface area contributed by atoms with E-state index in [0.717, 1.165) is 12.3 Å². The SMILES string of the molecule is COc1ccc([C@H](C)NCC2CCCN2)cc1. The number of ether oxygens (including phenoxy) is 1. The van der Waals surface area contributed by atoms with Gasteiger partial charge in [-0.2, -0.15) is 0 Å². The summed E-state index contributed by atoms with van der Waals surface area (Å²) in [6.45, 7) is 4.42. The van der Waals surface area contributed by atoms with Gasteiger partial charge in [-0.25, -0.2) is 0 Å². The summed E-state index contributed by atoms with van der Waals surface area (Å²) in [5.74, 6) is 0.915. The van der Waals surface area contributed by atoms with E-state index in [2.05, 4.69) is 29.7 Å². The zero-order chi connectivity index (χ0) is 12.1. The second kappa shape index (κ2) is 6.03. The van der Waals surface area contributed by atoms with Gasteiger partial charge in [0.15, 0.2) is 0 Å². The second-order valence-electron chi connectivity index (χ2n) is 4.70. The van der Waals surface area contributed by atoms with Crippen molar-refractivity contribution in [3.05, 3.63) is 29.8 Å². The molecule has 0 spiro atoms. The van der Waals surface area contributed by atoms with Crippen molar-refractivity contribution in [3.8, 4) is 5.75 Å². The topological polar surface area (TPSA) is 33.3 Å². The van der Waals surface area contributed by atoms with E-state index in [1.54, 1.807) is 7.11 Å². The number of rotatable bonds is 5. The maximum absolute atomic E-state index is 5.16. The third-order valence-electron chi connectivity index (χ3n) is 3.45. The van der Waals surface area contributed by atoms with Crippen LogP contribution in [0.2, 0.25) is 0 Å². The van der Waals surface area contributed by atoms with Gasteiger partial charge in [-0.3, -0.25) is 0 Å². The van der Waals surface area contributed by atoms with Crippen molar-refractivity contribution in [1.82, 2.24) is 10.6 Å². The molecule has 1 saturated heterocycles. The van der Waals surface area contributed by atoms with Crippen LogP contribution in [-0.2, 0) is 0 Å². The Balaban J connectivity index is 1.83. The Morgan fingerprint density at radius 1 is 1.41 bits per heavy atom. The Morgan fingerprint density at radius 2 is 2.18 bits per heavy atom. The van der Waals surface area contributed by atoms with Crippen molar-refractivity contribution in [2.45, 2.75) is 31.8 Å². The highest BCUT2D eigenvalue weighted by atomic mass is 16.5. The molecule has 3 nitrogen and oxygen atoms in total. The lowest BCUT2D eigenvalue weighted by atomic mass is 10.1. The van der Waals surface area contributed by atoms with Crippen LogP contribution in [0.3, 0.4) is 0 Å². The quantitative estimate of drug-likeness (QED) is 0.818. The highest BCUT2D eigenvalue weighted by Gasteiger charge is 2.14. The fourth-order valence-electron chi connectivity index (χ4n) is 2.26. The first kappa shape index (κ1) is 12.4. The van der Waals surface area contributed by atoms with Crippen LogP contribution < -0.4 is 15.4 Å². The first-order valence-corrected chi connectivity index (χ1v) is 6.40. The van der Waals surface area contributed by atoms with Gasteiger partial charge in [0.2, 0.25) is 0 Å². The molecule has 1 unspecified atom stereocenters. The molecule has 1 heterocycles. The van der Waals surface area contributed by atoms with E-state index in [4.69, 9.17) is 4.74 Å². The van der Waals surface area contributed by atoms with Crippen LogP contribution in [-0.4, -0.2) is 26.2 Å². The minimum absolute atomic E-state index is 0.392. The lowest BCUT2D eigenvalue weighted by molar-refractivity contribution is 0.414. The average molecular weight is 234 g/mol. The molecule has 0 saturated carbocycles. The van der Waals surface area contributed by atoms with Gasteiger partial charge >= 0.3 is 0 Å². The van der Waals surface area contributed by atoms with Crippen LogP contribution in [0.25, 0.3) is 0 Å². The second-order valence-corrected chi connectivity index (χ2v) is 4.70. The molecule has 2 N–H and O–H groups in total. The van der Waals surface area contributed by atoms with Crippen molar-refractivity contribution in [3.63, 3.8) is 0 Å². The molecule has 17 heavy (non-hydrogen) atoms. The Hall–Kier alpha value is -1.06. The highest BCUT2D eigenvalue weighted by molar-refractivity contribution is 5.28. The minimum atomic E-state index is 0.392. The van der Waals surface area contributed by atoms with Crippen molar-refractivity contribution in [2.75, 3.05) is 20.2 Å². The fourth-order valence-corrected chi connectivity index (χ4v) is 2.26. The Morgan fingerprint density at radius 3 is 2.76 bits per heavy atom. The molecule has 0 amide bonds. The van der Waals surface area contributed by atoms with Gasteiger partial charge in [0.05, 0.1) is 7.11 Å². The summed E-state index contributed by atoms with van der Waals surface area (Å²) in [6, 6.07) is 9.32. The predicted molar refractivity (Wildman–Crippen MR) is 70.4 cm³/mol. The van der Waals surface area contributed by atoms with Crippen LogP contribution in [0.15, 0.2) is 24.3 Å². The third kappa shape index (κ3) is 3.45. The average Bonchev–Trinajstić information content (AvgIpc) is 2.89. The first-order valence-electron chi connectivity index (χ1n) is 6.40. The summed E-state index contributed by atoms with van der Waals surface area (Å²) in [4.78, 5) is 0. The molecule has 0 bridgehead atoms. The van der Waals surface area contributed by atoms with Crippen molar-refractivity contribution < 1.29 is 4.74 Å². The molecule has 1 fully saturated rings. The monoisotopic (exact) mass is 234 g/mol. The van der Waals surface area contributed by atoms with E-state index >= 15 is 0 Å². The van der Waals surface area contributed by atoms with E-state index in [1.807, 2.05) is 12.1 Å². The third-order valence-corrected chi connectivity index (χ3v) is 3.45. The maximum Gasteiger partial charge on any atom is 0.118 e. The zero-order valence-electron chi connectivity index (χ0n) is 10.7. The van der Waals surface area contributed by atoms with Gasteiger partial charge in [-0.1, -0.05) is 12.1 Å². The van der Waals surface area contributed by atoms with Crippen LogP contribution in [0.1, 0.15) is 31.4 Å². The Labute approximate surface area is 104 Å². The number of methoxy groups -OCH3 is 1. The zero-order valence-corrected chi connectivity index (χ0v) is 10.7. The van der Waals surface area contributed by atoms with Crippen molar-refractivity contribution in [1.29, 1.82) is 0 Å². The van der Waals surface area contributed by atoms with Gasteiger partial charge < -0.3 is 15.4 Å². The highest BCUT2D eigenvalue weighted by Crippen LogP contribution is 2.17. The van der Waals surface area contributed by atoms with Gasteiger partial charge in [0.25, 0.3) is 0 Å². The van der Waals surface area contributed by atoms with Crippen LogP contribution in [0.4, 0.5) is 0 Å². The molecule has 0 aliphatic carbocycles. The summed E-state index contributed by atoms with van der Waals surface area (Å²) in [5, 5.41) is 7.07. The predicted octanol–water partition coefficient (Wildman–Crippen LogP) is 2.10. The maximum atomic E-state index is 5.16. The molecule has 1 aliphatic rings. The summed E-state index contributed by atoms with van der Waals surface area (Å²) in [6.07, 6.45) is 2.60. The van der Waals surface area contributed by atoms with Gasteiger partial charge in [-0.05, 0) is 44.0 Å². The van der Waals surface area contributed by atoms with Gasteiger partial charge in [-0.15, -0.1) is 0 Å². The lowest BCUT2D eigenvalue weighted by Gasteiger charge is -2.18. The number of benzene rings is 1. The van der Waals surface area contributed by atoms with Crippen molar-refractivity contribution >= 4 is 0 Å². The molecule has 1 aromatic carbocycles. The number of hydrogen-bond acceptors (Lipinski definition) is 3. The van der Waals surface area contributed by atoms with E-state index < -0.39 is 0 Å². The first-order chi connectivity index (χ1) is 8.29.